The predicted octanol–water partition coefficient (Wildman–Crippen LogP) is 4.86. The molecule has 0 N–H and O–H groups in total. The van der Waals surface area contributed by atoms with Gasteiger partial charge in [0.1, 0.15) is 11.5 Å². The van der Waals surface area contributed by atoms with Gasteiger partial charge in [-0.25, -0.2) is 0 Å². The highest BCUT2D eigenvalue weighted by atomic mass is 79.9. The molecule has 0 unspecified atom stereocenters. The number of para-hydroxylation sites is 1. The molecule has 0 aliphatic carbocycles. The molecule has 0 fully saturated rings. The van der Waals surface area contributed by atoms with E-state index in [1.165, 1.54) is 11.1 Å². The van der Waals surface area contributed by atoms with Crippen molar-refractivity contribution in [3.63, 3.8) is 0 Å². The number of benzene rings is 2. The number of ether oxygens (including phenoxy) is 1. The van der Waals surface area contributed by atoms with Gasteiger partial charge in [-0.05, 0) is 59.1 Å². The van der Waals surface area contributed by atoms with E-state index in [1.807, 2.05) is 36.4 Å². The van der Waals surface area contributed by atoms with Crippen molar-refractivity contribution in [2.75, 3.05) is 0 Å². The number of rotatable bonds is 2. The third-order valence-corrected chi connectivity index (χ3v) is 3.27. The second kappa shape index (κ2) is 4.71. The number of halogens is 1. The van der Waals surface area contributed by atoms with E-state index in [9.17, 15) is 0 Å². The smallest absolute Gasteiger partial charge is 0.141 e. The summed E-state index contributed by atoms with van der Waals surface area (Å²) in [6.07, 6.45) is 0. The molecule has 82 valence electrons. The molecule has 2 aromatic rings. The molecule has 16 heavy (non-hydrogen) atoms. The minimum Gasteiger partial charge on any atom is -0.456 e. The summed E-state index contributed by atoms with van der Waals surface area (Å²) >= 11 is 3.47. The van der Waals surface area contributed by atoms with Crippen LogP contribution in [0.25, 0.3) is 0 Å². The van der Waals surface area contributed by atoms with E-state index in [2.05, 4.69) is 35.8 Å². The van der Waals surface area contributed by atoms with E-state index in [4.69, 9.17) is 4.74 Å². The Kier molecular flexibility index (Phi) is 3.30. The van der Waals surface area contributed by atoms with Crippen molar-refractivity contribution >= 4 is 15.9 Å². The summed E-state index contributed by atoms with van der Waals surface area (Å²) in [5, 5.41) is 0. The van der Waals surface area contributed by atoms with Crippen LogP contribution in [-0.2, 0) is 0 Å². The maximum Gasteiger partial charge on any atom is 0.141 e. The molecule has 0 saturated carbocycles. The summed E-state index contributed by atoms with van der Waals surface area (Å²) in [5.41, 5.74) is 2.42. The van der Waals surface area contributed by atoms with Gasteiger partial charge in [-0.15, -0.1) is 0 Å². The molecule has 2 heteroatoms. The van der Waals surface area contributed by atoms with E-state index in [1.54, 1.807) is 0 Å². The van der Waals surface area contributed by atoms with Crippen LogP contribution in [0, 0.1) is 13.8 Å². The molecule has 0 heterocycles. The topological polar surface area (TPSA) is 9.23 Å². The molecule has 2 aromatic carbocycles. The Morgan fingerprint density at radius 2 is 1.56 bits per heavy atom. The van der Waals surface area contributed by atoms with Gasteiger partial charge in [0.15, 0.2) is 0 Å². The highest BCUT2D eigenvalue weighted by Crippen LogP contribution is 2.31. The summed E-state index contributed by atoms with van der Waals surface area (Å²) in [5.74, 6) is 1.75. The number of hydrogen-bond acceptors (Lipinski definition) is 1. The quantitative estimate of drug-likeness (QED) is 0.761. The second-order valence-electron chi connectivity index (χ2n) is 3.73. The fraction of sp³-hybridized carbons (Fsp3) is 0.143. The van der Waals surface area contributed by atoms with Crippen LogP contribution in [0.1, 0.15) is 11.1 Å². The third-order valence-electron chi connectivity index (χ3n) is 2.61. The fourth-order valence-corrected chi connectivity index (χ4v) is 1.85. The van der Waals surface area contributed by atoms with Crippen molar-refractivity contribution in [3.8, 4) is 11.5 Å². The zero-order valence-electron chi connectivity index (χ0n) is 9.33. The first kappa shape index (κ1) is 11.2. The third kappa shape index (κ3) is 2.27. The average molecular weight is 277 g/mol. The van der Waals surface area contributed by atoms with Crippen LogP contribution in [-0.4, -0.2) is 0 Å². The summed E-state index contributed by atoms with van der Waals surface area (Å²) < 4.78 is 6.84. The first-order valence-corrected chi connectivity index (χ1v) is 5.96. The monoisotopic (exact) mass is 276 g/mol. The summed E-state index contributed by atoms with van der Waals surface area (Å²) in [4.78, 5) is 0. The van der Waals surface area contributed by atoms with Crippen molar-refractivity contribution in [2.45, 2.75) is 13.8 Å². The minimum absolute atomic E-state index is 0.844. The van der Waals surface area contributed by atoms with Crippen LogP contribution in [0.3, 0.4) is 0 Å². The molecule has 2 rings (SSSR count). The predicted molar refractivity (Wildman–Crippen MR) is 70.1 cm³/mol. The summed E-state index contributed by atoms with van der Waals surface area (Å²) in [6, 6.07) is 13.9. The van der Waals surface area contributed by atoms with Crippen LogP contribution >= 0.6 is 15.9 Å². The SMILES string of the molecule is Cc1cccc(Oc2ccccc2Br)c1C. The Morgan fingerprint density at radius 1 is 0.875 bits per heavy atom. The maximum atomic E-state index is 5.87. The molecule has 0 saturated heterocycles. The van der Waals surface area contributed by atoms with E-state index < -0.39 is 0 Å². The Hall–Kier alpha value is -1.28. The lowest BCUT2D eigenvalue weighted by molar-refractivity contribution is 0.475. The number of hydrogen-bond donors (Lipinski definition) is 0. The molecule has 0 spiro atoms. The van der Waals surface area contributed by atoms with E-state index in [-0.39, 0.29) is 0 Å². The second-order valence-corrected chi connectivity index (χ2v) is 4.58. The van der Waals surface area contributed by atoms with Crippen LogP contribution < -0.4 is 4.74 Å². The zero-order valence-corrected chi connectivity index (χ0v) is 10.9. The Labute approximate surface area is 104 Å². The lowest BCUT2D eigenvalue weighted by Gasteiger charge is -2.11. The highest BCUT2D eigenvalue weighted by molar-refractivity contribution is 9.10. The highest BCUT2D eigenvalue weighted by Gasteiger charge is 2.05. The minimum atomic E-state index is 0.844. The standard InChI is InChI=1S/C14H13BrO/c1-10-6-5-9-13(11(10)2)16-14-8-4-3-7-12(14)15/h3-9H,1-2H3. The van der Waals surface area contributed by atoms with Crippen molar-refractivity contribution < 1.29 is 4.74 Å². The maximum absolute atomic E-state index is 5.87. The van der Waals surface area contributed by atoms with Gasteiger partial charge in [-0.1, -0.05) is 24.3 Å². The molecule has 0 radical (unpaired) electrons. The molecule has 0 aliphatic heterocycles. The molecule has 0 aliphatic rings. The van der Waals surface area contributed by atoms with E-state index in [0.717, 1.165) is 16.0 Å². The zero-order chi connectivity index (χ0) is 11.5. The Balaban J connectivity index is 2.35. The first-order valence-electron chi connectivity index (χ1n) is 5.17. The van der Waals surface area contributed by atoms with Crippen LogP contribution in [0.5, 0.6) is 11.5 Å². The van der Waals surface area contributed by atoms with Gasteiger partial charge in [-0.2, -0.15) is 0 Å². The average Bonchev–Trinajstić information content (AvgIpc) is 2.28. The van der Waals surface area contributed by atoms with Gasteiger partial charge in [0.05, 0.1) is 4.47 Å². The normalized spacial score (nSPS) is 10.2. The Bertz CT molecular complexity index is 506. The molecular formula is C14H13BrO. The molecule has 1 nitrogen and oxygen atoms in total. The molecule has 0 atom stereocenters. The van der Waals surface area contributed by atoms with E-state index in [0.29, 0.717) is 0 Å². The lowest BCUT2D eigenvalue weighted by atomic mass is 10.1. The lowest BCUT2D eigenvalue weighted by Crippen LogP contribution is -1.90. The molecule has 0 amide bonds. The van der Waals surface area contributed by atoms with Gasteiger partial charge >= 0.3 is 0 Å². The van der Waals surface area contributed by atoms with Gasteiger partial charge in [-0.3, -0.25) is 0 Å². The van der Waals surface area contributed by atoms with Gasteiger partial charge in [0, 0.05) is 0 Å². The fourth-order valence-electron chi connectivity index (χ4n) is 1.48. The number of aryl methyl sites for hydroxylation is 1. The largest absolute Gasteiger partial charge is 0.456 e. The summed E-state index contributed by atoms with van der Waals surface area (Å²) in [6.45, 7) is 4.16. The van der Waals surface area contributed by atoms with Crippen molar-refractivity contribution in [1.29, 1.82) is 0 Å². The van der Waals surface area contributed by atoms with Crippen molar-refractivity contribution in [3.05, 3.63) is 58.1 Å². The van der Waals surface area contributed by atoms with Gasteiger partial charge in [0.2, 0.25) is 0 Å². The van der Waals surface area contributed by atoms with E-state index >= 15 is 0 Å². The molecule has 0 bridgehead atoms. The van der Waals surface area contributed by atoms with Crippen molar-refractivity contribution in [2.24, 2.45) is 0 Å². The van der Waals surface area contributed by atoms with Gasteiger partial charge in [0.25, 0.3) is 0 Å². The van der Waals surface area contributed by atoms with Crippen LogP contribution in [0.15, 0.2) is 46.9 Å². The molecule has 0 aromatic heterocycles. The van der Waals surface area contributed by atoms with Gasteiger partial charge < -0.3 is 4.74 Å². The first-order chi connectivity index (χ1) is 7.68. The Morgan fingerprint density at radius 3 is 2.31 bits per heavy atom. The van der Waals surface area contributed by atoms with Crippen molar-refractivity contribution in [1.82, 2.24) is 0 Å². The summed E-state index contributed by atoms with van der Waals surface area (Å²) in [7, 11) is 0. The van der Waals surface area contributed by atoms with Crippen LogP contribution in [0.2, 0.25) is 0 Å². The molecular weight excluding hydrogens is 264 g/mol. The van der Waals surface area contributed by atoms with Crippen LogP contribution in [0.4, 0.5) is 0 Å².